The molecule has 1 atom stereocenters. The lowest BCUT2D eigenvalue weighted by molar-refractivity contribution is -0.143. The van der Waals surface area contributed by atoms with E-state index in [4.69, 9.17) is 4.52 Å². The van der Waals surface area contributed by atoms with Crippen molar-refractivity contribution in [1.29, 1.82) is 0 Å². The second-order valence-electron chi connectivity index (χ2n) is 4.64. The normalized spacial score (nSPS) is 14.0. The fourth-order valence-electron chi connectivity index (χ4n) is 1.92. The zero-order valence-electron chi connectivity index (χ0n) is 11.0. The van der Waals surface area contributed by atoms with E-state index in [1.165, 1.54) is 0 Å². The molecule has 0 radical (unpaired) electrons. The van der Waals surface area contributed by atoms with E-state index in [2.05, 4.69) is 10.1 Å². The Hall–Kier alpha value is -2.17. The van der Waals surface area contributed by atoms with Crippen LogP contribution < -0.4 is 0 Å². The summed E-state index contributed by atoms with van der Waals surface area (Å²) in [4.78, 5) is 15.8. The zero-order chi connectivity index (χ0) is 13.9. The van der Waals surface area contributed by atoms with Gasteiger partial charge in [0.05, 0.1) is 5.41 Å². The van der Waals surface area contributed by atoms with Crippen molar-refractivity contribution in [3.63, 3.8) is 0 Å². The lowest BCUT2D eigenvalue weighted by Crippen LogP contribution is -2.34. The van der Waals surface area contributed by atoms with Crippen molar-refractivity contribution in [1.82, 2.24) is 10.1 Å². The molecular weight excluding hydrogens is 244 g/mol. The summed E-state index contributed by atoms with van der Waals surface area (Å²) >= 11 is 0. The maximum Gasteiger partial charge on any atom is 0.314 e. The Morgan fingerprint density at radius 1 is 1.37 bits per heavy atom. The monoisotopic (exact) mass is 260 g/mol. The fraction of sp³-hybridized carbons (Fsp3) is 0.357. The predicted molar refractivity (Wildman–Crippen MR) is 68.8 cm³/mol. The van der Waals surface area contributed by atoms with Crippen molar-refractivity contribution in [2.75, 3.05) is 0 Å². The minimum atomic E-state index is -1.07. The van der Waals surface area contributed by atoms with Crippen LogP contribution in [-0.2, 0) is 23.1 Å². The Labute approximate surface area is 111 Å². The molecule has 2 aromatic rings. The average molecular weight is 260 g/mol. The lowest BCUT2D eigenvalue weighted by Gasteiger charge is -2.23. The highest BCUT2D eigenvalue weighted by Crippen LogP contribution is 2.28. The smallest absolute Gasteiger partial charge is 0.314 e. The molecule has 0 aliphatic carbocycles. The van der Waals surface area contributed by atoms with Gasteiger partial charge in [-0.25, -0.2) is 0 Å². The average Bonchev–Trinajstić information content (AvgIpc) is 2.87. The zero-order valence-corrected chi connectivity index (χ0v) is 11.0. The molecule has 0 spiro atoms. The van der Waals surface area contributed by atoms with E-state index in [9.17, 15) is 9.90 Å². The van der Waals surface area contributed by atoms with Crippen LogP contribution in [0.5, 0.6) is 0 Å². The molecule has 5 heteroatoms. The van der Waals surface area contributed by atoms with Crippen LogP contribution in [0.4, 0.5) is 0 Å². The van der Waals surface area contributed by atoms with Gasteiger partial charge in [0.15, 0.2) is 5.82 Å². The van der Waals surface area contributed by atoms with Crippen molar-refractivity contribution in [2.45, 2.75) is 32.1 Å². The molecule has 1 aromatic carbocycles. The maximum absolute atomic E-state index is 11.6. The minimum Gasteiger partial charge on any atom is -0.481 e. The van der Waals surface area contributed by atoms with Gasteiger partial charge in [-0.15, -0.1) is 0 Å². The Kier molecular flexibility index (Phi) is 3.64. The van der Waals surface area contributed by atoms with Gasteiger partial charge >= 0.3 is 5.97 Å². The molecular formula is C14H16N2O3. The maximum atomic E-state index is 11.6. The topological polar surface area (TPSA) is 76.2 Å². The Balaban J connectivity index is 2.33. The minimum absolute atomic E-state index is 0.180. The van der Waals surface area contributed by atoms with E-state index in [1.54, 1.807) is 19.1 Å². The number of aryl methyl sites for hydroxylation is 1. The largest absolute Gasteiger partial charge is 0.481 e. The Bertz CT molecular complexity index is 565. The number of carboxylic acids is 1. The van der Waals surface area contributed by atoms with Gasteiger partial charge in [-0.1, -0.05) is 42.4 Å². The molecule has 0 saturated carbocycles. The molecule has 5 nitrogen and oxygen atoms in total. The molecule has 0 amide bonds. The highest BCUT2D eigenvalue weighted by molar-refractivity contribution is 5.81. The Morgan fingerprint density at radius 2 is 2.05 bits per heavy atom. The number of rotatable bonds is 5. The number of aliphatic carboxylic acids is 1. The van der Waals surface area contributed by atoms with E-state index in [-0.39, 0.29) is 6.42 Å². The second kappa shape index (κ2) is 5.22. The Morgan fingerprint density at radius 3 is 2.58 bits per heavy atom. The summed E-state index contributed by atoms with van der Waals surface area (Å²) in [6.45, 7) is 3.59. The van der Waals surface area contributed by atoms with Crippen LogP contribution in [0.2, 0.25) is 0 Å². The predicted octanol–water partition coefficient (Wildman–Crippen LogP) is 2.22. The summed E-state index contributed by atoms with van der Waals surface area (Å²) < 4.78 is 5.10. The fourth-order valence-corrected chi connectivity index (χ4v) is 1.92. The van der Waals surface area contributed by atoms with Crippen molar-refractivity contribution in [3.05, 3.63) is 47.6 Å². The van der Waals surface area contributed by atoms with E-state index >= 15 is 0 Å². The van der Waals surface area contributed by atoms with Crippen LogP contribution >= 0.6 is 0 Å². The molecule has 1 heterocycles. The first kappa shape index (κ1) is 13.3. The van der Waals surface area contributed by atoms with Gasteiger partial charge in [0, 0.05) is 12.8 Å². The first-order valence-corrected chi connectivity index (χ1v) is 6.16. The molecule has 1 aromatic heterocycles. The molecule has 0 aliphatic heterocycles. The molecule has 1 N–H and O–H groups in total. The SMILES string of the molecule is CCc1noc(CC(C)(C(=O)O)c2ccccc2)n1. The van der Waals surface area contributed by atoms with E-state index in [0.717, 1.165) is 5.56 Å². The third-order valence-corrected chi connectivity index (χ3v) is 3.21. The number of nitrogens with zero attached hydrogens (tertiary/aromatic N) is 2. The molecule has 1 unspecified atom stereocenters. The molecule has 0 saturated heterocycles. The molecule has 0 bridgehead atoms. The van der Waals surface area contributed by atoms with Crippen molar-refractivity contribution in [3.8, 4) is 0 Å². The van der Waals surface area contributed by atoms with Crippen molar-refractivity contribution >= 4 is 5.97 Å². The van der Waals surface area contributed by atoms with Gasteiger partial charge in [0.2, 0.25) is 5.89 Å². The van der Waals surface area contributed by atoms with Gasteiger partial charge < -0.3 is 9.63 Å². The number of carboxylic acid groups (broad SMARTS) is 1. The summed E-state index contributed by atoms with van der Waals surface area (Å²) in [7, 11) is 0. The third-order valence-electron chi connectivity index (χ3n) is 3.21. The number of hydrogen-bond donors (Lipinski definition) is 1. The van der Waals surface area contributed by atoms with E-state index < -0.39 is 11.4 Å². The summed E-state index contributed by atoms with van der Waals surface area (Å²) in [5.74, 6) is 0.0383. The van der Waals surface area contributed by atoms with Gasteiger partial charge in [-0.05, 0) is 12.5 Å². The van der Waals surface area contributed by atoms with Gasteiger partial charge in [0.25, 0.3) is 0 Å². The van der Waals surface area contributed by atoms with Crippen LogP contribution in [0.15, 0.2) is 34.9 Å². The molecule has 100 valence electrons. The van der Waals surface area contributed by atoms with Crippen LogP contribution in [0.3, 0.4) is 0 Å². The molecule has 0 aliphatic rings. The molecule has 0 fully saturated rings. The van der Waals surface area contributed by atoms with Crippen LogP contribution in [0, 0.1) is 0 Å². The van der Waals surface area contributed by atoms with Crippen LogP contribution in [0.1, 0.15) is 31.1 Å². The standard InChI is InChI=1S/C14H16N2O3/c1-3-11-15-12(19-16-11)9-14(2,13(17)18)10-7-5-4-6-8-10/h4-8H,3,9H2,1-2H3,(H,17,18). The summed E-state index contributed by atoms with van der Waals surface area (Å²) in [5.41, 5.74) is -0.350. The van der Waals surface area contributed by atoms with Crippen molar-refractivity contribution in [2.24, 2.45) is 0 Å². The van der Waals surface area contributed by atoms with Crippen LogP contribution in [0.25, 0.3) is 0 Å². The lowest BCUT2D eigenvalue weighted by atomic mass is 9.79. The van der Waals surface area contributed by atoms with Gasteiger partial charge in [-0.2, -0.15) is 4.98 Å². The van der Waals surface area contributed by atoms with E-state index in [1.807, 2.05) is 25.1 Å². The number of benzene rings is 1. The number of carbonyl (C=O) groups is 1. The number of aromatic nitrogens is 2. The van der Waals surface area contributed by atoms with Crippen molar-refractivity contribution < 1.29 is 14.4 Å². The third kappa shape index (κ3) is 2.65. The highest BCUT2D eigenvalue weighted by atomic mass is 16.5. The van der Waals surface area contributed by atoms with Gasteiger partial charge in [0.1, 0.15) is 0 Å². The first-order valence-electron chi connectivity index (χ1n) is 6.16. The number of hydrogen-bond acceptors (Lipinski definition) is 4. The van der Waals surface area contributed by atoms with Crippen LogP contribution in [-0.4, -0.2) is 21.2 Å². The second-order valence-corrected chi connectivity index (χ2v) is 4.64. The highest BCUT2D eigenvalue weighted by Gasteiger charge is 2.37. The molecule has 2 rings (SSSR count). The summed E-state index contributed by atoms with van der Waals surface area (Å²) in [6.07, 6.45) is 0.845. The van der Waals surface area contributed by atoms with E-state index in [0.29, 0.717) is 18.1 Å². The molecule has 19 heavy (non-hydrogen) atoms. The first-order chi connectivity index (χ1) is 9.06. The summed E-state index contributed by atoms with van der Waals surface area (Å²) in [5, 5.41) is 13.3. The van der Waals surface area contributed by atoms with Gasteiger partial charge in [-0.3, -0.25) is 4.79 Å². The summed E-state index contributed by atoms with van der Waals surface area (Å²) in [6, 6.07) is 9.09. The quantitative estimate of drug-likeness (QED) is 0.892.